The normalized spacial score (nSPS) is 11.3. The lowest BCUT2D eigenvalue weighted by Gasteiger charge is -2.10. The second-order valence-corrected chi connectivity index (χ2v) is 5.40. The van der Waals surface area contributed by atoms with Gasteiger partial charge in [-0.1, -0.05) is 0 Å². The first kappa shape index (κ1) is 15.7. The summed E-state index contributed by atoms with van der Waals surface area (Å²) < 4.78 is 52.2. The first-order valence-electron chi connectivity index (χ1n) is 5.71. The Balaban J connectivity index is 2.28. The largest absolute Gasteiger partial charge is 0.416 e. The van der Waals surface area contributed by atoms with Crippen LogP contribution < -0.4 is 5.32 Å². The third-order valence-corrected chi connectivity index (χ3v) is 3.36. The third kappa shape index (κ3) is 3.93. The number of hydrogen-bond donors (Lipinski definition) is 1. The van der Waals surface area contributed by atoms with Crippen molar-refractivity contribution >= 4 is 34.2 Å². The zero-order chi connectivity index (χ0) is 15.6. The Kier molecular flexibility index (Phi) is 4.50. The van der Waals surface area contributed by atoms with Crippen LogP contribution in [0, 0.1) is 9.39 Å². The van der Waals surface area contributed by atoms with E-state index in [1.54, 1.807) is 24.3 Å². The summed E-state index contributed by atoms with van der Waals surface area (Å²) in [6.07, 6.45) is -4.63. The van der Waals surface area contributed by atoms with Crippen molar-refractivity contribution in [1.82, 2.24) is 0 Å². The Labute approximate surface area is 131 Å². The van der Waals surface area contributed by atoms with Gasteiger partial charge in [-0.25, -0.2) is 4.39 Å². The van der Waals surface area contributed by atoms with Gasteiger partial charge in [-0.05, 0) is 65.1 Å². The lowest BCUT2D eigenvalue weighted by atomic mass is 10.1. The number of halogens is 5. The van der Waals surface area contributed by atoms with Gasteiger partial charge in [0.25, 0.3) is 5.91 Å². The highest BCUT2D eigenvalue weighted by atomic mass is 127. The molecule has 7 heteroatoms. The van der Waals surface area contributed by atoms with Crippen LogP contribution >= 0.6 is 22.6 Å². The summed E-state index contributed by atoms with van der Waals surface area (Å²) in [7, 11) is 0. The summed E-state index contributed by atoms with van der Waals surface area (Å²) in [5, 5.41) is 2.36. The van der Waals surface area contributed by atoms with Gasteiger partial charge >= 0.3 is 6.18 Å². The minimum absolute atomic E-state index is 0.372. The van der Waals surface area contributed by atoms with E-state index >= 15 is 0 Å². The van der Waals surface area contributed by atoms with Crippen LogP contribution in [0.15, 0.2) is 42.5 Å². The minimum atomic E-state index is -4.63. The van der Waals surface area contributed by atoms with Crippen LogP contribution in [0.1, 0.15) is 15.9 Å². The highest BCUT2D eigenvalue weighted by Crippen LogP contribution is 2.30. The summed E-state index contributed by atoms with van der Waals surface area (Å²) >= 11 is 2.06. The minimum Gasteiger partial charge on any atom is -0.322 e. The molecular weight excluding hydrogens is 401 g/mol. The zero-order valence-electron chi connectivity index (χ0n) is 10.3. The Hall–Kier alpha value is -1.64. The molecule has 0 spiro atoms. The van der Waals surface area contributed by atoms with Crippen molar-refractivity contribution in [2.45, 2.75) is 6.18 Å². The summed E-state index contributed by atoms with van der Waals surface area (Å²) in [5.41, 5.74) is -1.35. The van der Waals surface area contributed by atoms with Gasteiger partial charge in [0, 0.05) is 9.26 Å². The first-order valence-corrected chi connectivity index (χ1v) is 6.79. The maximum Gasteiger partial charge on any atom is 0.416 e. The predicted octanol–water partition coefficient (Wildman–Crippen LogP) is 4.70. The van der Waals surface area contributed by atoms with Crippen molar-refractivity contribution in [1.29, 1.82) is 0 Å². The average Bonchev–Trinajstić information content (AvgIpc) is 2.40. The molecular formula is C14H8F4INO. The first-order chi connectivity index (χ1) is 9.77. The van der Waals surface area contributed by atoms with E-state index in [-0.39, 0.29) is 0 Å². The fraction of sp³-hybridized carbons (Fsp3) is 0.0714. The molecule has 0 radical (unpaired) electrons. The number of alkyl halides is 3. The van der Waals surface area contributed by atoms with E-state index in [9.17, 15) is 22.4 Å². The third-order valence-electron chi connectivity index (χ3n) is 2.64. The van der Waals surface area contributed by atoms with E-state index in [1.807, 2.05) is 0 Å². The van der Waals surface area contributed by atoms with Crippen molar-refractivity contribution in [3.63, 3.8) is 0 Å². The smallest absolute Gasteiger partial charge is 0.322 e. The molecule has 2 nitrogen and oxygen atoms in total. The van der Waals surface area contributed by atoms with Crippen LogP contribution in [0.2, 0.25) is 0 Å². The van der Waals surface area contributed by atoms with E-state index in [0.717, 1.165) is 3.57 Å². The van der Waals surface area contributed by atoms with Gasteiger partial charge in [0.15, 0.2) is 0 Å². The monoisotopic (exact) mass is 409 g/mol. The van der Waals surface area contributed by atoms with Crippen LogP contribution in [-0.2, 0) is 6.18 Å². The molecule has 0 fully saturated rings. The number of amides is 1. The van der Waals surface area contributed by atoms with Crippen LogP contribution in [0.5, 0.6) is 0 Å². The van der Waals surface area contributed by atoms with E-state index in [4.69, 9.17) is 0 Å². The highest BCUT2D eigenvalue weighted by molar-refractivity contribution is 14.1. The van der Waals surface area contributed by atoms with Gasteiger partial charge in [-0.2, -0.15) is 13.2 Å². The van der Waals surface area contributed by atoms with Gasteiger partial charge in [0.1, 0.15) is 5.82 Å². The van der Waals surface area contributed by atoms with Gasteiger partial charge in [0.2, 0.25) is 0 Å². The Bertz CT molecular complexity index is 668. The standard InChI is InChI=1S/C14H8F4INO/c15-12-6-1-8(14(16,17)18)7-11(12)13(21)20-10-4-2-9(19)3-5-10/h1-7H,(H,20,21). The summed E-state index contributed by atoms with van der Waals surface area (Å²) in [5.74, 6) is -1.94. The second kappa shape index (κ2) is 6.00. The molecule has 0 aromatic heterocycles. The maximum absolute atomic E-state index is 13.5. The maximum atomic E-state index is 13.5. The molecule has 0 aliphatic carbocycles. The number of nitrogens with one attached hydrogen (secondary N) is 1. The van der Waals surface area contributed by atoms with Crippen molar-refractivity contribution in [2.75, 3.05) is 5.32 Å². The van der Waals surface area contributed by atoms with Crippen molar-refractivity contribution in [2.24, 2.45) is 0 Å². The van der Waals surface area contributed by atoms with Gasteiger partial charge < -0.3 is 5.32 Å². The fourth-order valence-electron chi connectivity index (χ4n) is 1.61. The van der Waals surface area contributed by atoms with Gasteiger partial charge in [-0.15, -0.1) is 0 Å². The summed E-state index contributed by atoms with van der Waals surface area (Å²) in [4.78, 5) is 11.9. The van der Waals surface area contributed by atoms with Crippen LogP contribution in [0.4, 0.5) is 23.2 Å². The molecule has 0 aliphatic rings. The summed E-state index contributed by atoms with van der Waals surface area (Å²) in [6.45, 7) is 0. The van der Waals surface area contributed by atoms with E-state index in [2.05, 4.69) is 27.9 Å². The number of benzene rings is 2. The van der Waals surface area contributed by atoms with Crippen molar-refractivity contribution < 1.29 is 22.4 Å². The molecule has 2 aromatic carbocycles. The van der Waals surface area contributed by atoms with E-state index in [1.165, 1.54) is 0 Å². The topological polar surface area (TPSA) is 29.1 Å². The SMILES string of the molecule is O=C(Nc1ccc(I)cc1)c1cc(C(F)(F)F)ccc1F. The zero-order valence-corrected chi connectivity index (χ0v) is 12.5. The lowest BCUT2D eigenvalue weighted by Crippen LogP contribution is -2.16. The predicted molar refractivity (Wildman–Crippen MR) is 78.5 cm³/mol. The van der Waals surface area contributed by atoms with Crippen LogP contribution in [0.25, 0.3) is 0 Å². The van der Waals surface area contributed by atoms with Gasteiger partial charge in [0.05, 0.1) is 11.1 Å². The molecule has 0 bridgehead atoms. The van der Waals surface area contributed by atoms with Gasteiger partial charge in [-0.3, -0.25) is 4.79 Å². The molecule has 0 heterocycles. The van der Waals surface area contributed by atoms with E-state index in [0.29, 0.717) is 23.9 Å². The fourth-order valence-corrected chi connectivity index (χ4v) is 1.97. The molecule has 1 N–H and O–H groups in total. The molecule has 0 unspecified atom stereocenters. The summed E-state index contributed by atoms with van der Waals surface area (Å²) in [6, 6.07) is 8.29. The molecule has 2 rings (SSSR count). The molecule has 110 valence electrons. The molecule has 21 heavy (non-hydrogen) atoms. The van der Waals surface area contributed by atoms with E-state index < -0.39 is 29.0 Å². The lowest BCUT2D eigenvalue weighted by molar-refractivity contribution is -0.137. The number of carbonyl (C=O) groups excluding carboxylic acids is 1. The number of hydrogen-bond acceptors (Lipinski definition) is 1. The molecule has 2 aromatic rings. The molecule has 0 atom stereocenters. The average molecular weight is 409 g/mol. The number of carbonyl (C=O) groups is 1. The quantitative estimate of drug-likeness (QED) is 0.566. The molecule has 0 saturated heterocycles. The molecule has 0 aliphatic heterocycles. The number of anilines is 1. The van der Waals surface area contributed by atoms with Crippen LogP contribution in [-0.4, -0.2) is 5.91 Å². The Morgan fingerprint density at radius 3 is 2.24 bits per heavy atom. The Morgan fingerprint density at radius 2 is 1.67 bits per heavy atom. The Morgan fingerprint density at radius 1 is 1.05 bits per heavy atom. The highest BCUT2D eigenvalue weighted by Gasteiger charge is 2.31. The van der Waals surface area contributed by atoms with Crippen LogP contribution in [0.3, 0.4) is 0 Å². The molecule has 1 amide bonds. The van der Waals surface area contributed by atoms with Crippen molar-refractivity contribution in [3.8, 4) is 0 Å². The second-order valence-electron chi connectivity index (χ2n) is 4.15. The molecule has 0 saturated carbocycles. The van der Waals surface area contributed by atoms with Crippen molar-refractivity contribution in [3.05, 3.63) is 63.0 Å². The number of rotatable bonds is 2.